The van der Waals surface area contributed by atoms with Gasteiger partial charge < -0.3 is 15.6 Å². The molecule has 2 aromatic rings. The molecule has 0 radical (unpaired) electrons. The minimum absolute atomic E-state index is 0.216. The molecule has 0 atom stereocenters. The van der Waals surface area contributed by atoms with Crippen LogP contribution in [0.15, 0.2) is 47.6 Å². The molecule has 0 saturated carbocycles. The Morgan fingerprint density at radius 3 is 3.00 bits per heavy atom. The second-order valence-electron chi connectivity index (χ2n) is 3.94. The summed E-state index contributed by atoms with van der Waals surface area (Å²) in [6.45, 7) is 0.468. The Balaban J connectivity index is 1.83. The molecule has 0 spiro atoms. The van der Waals surface area contributed by atoms with Crippen LogP contribution in [0.4, 0.5) is 5.69 Å². The van der Waals surface area contributed by atoms with Crippen molar-refractivity contribution in [2.24, 2.45) is 0 Å². The number of hydrogen-bond donors (Lipinski definition) is 2. The number of aromatic nitrogens is 1. The molecule has 6 heteroatoms. The molecule has 104 valence electrons. The Kier molecular flexibility index (Phi) is 4.84. The number of carboxylic acid groups (broad SMARTS) is 1. The molecule has 0 saturated heterocycles. The minimum atomic E-state index is -0.964. The number of nitrogen functional groups attached to an aromatic ring is 1. The number of nitrogens with two attached hydrogens (primary N) is 1. The SMILES string of the molecule is Nc1cnccc1SCCOc1cccc(C(=O)O)c1. The first-order valence-corrected chi connectivity index (χ1v) is 6.94. The number of aromatic carboxylic acids is 1. The summed E-state index contributed by atoms with van der Waals surface area (Å²) in [6.07, 6.45) is 3.30. The number of carboxylic acids is 1. The Morgan fingerprint density at radius 2 is 2.25 bits per heavy atom. The quantitative estimate of drug-likeness (QED) is 0.628. The summed E-state index contributed by atoms with van der Waals surface area (Å²) in [7, 11) is 0. The number of thioether (sulfide) groups is 1. The Bertz CT molecular complexity index is 604. The third-order valence-electron chi connectivity index (χ3n) is 2.50. The topological polar surface area (TPSA) is 85.4 Å². The van der Waals surface area contributed by atoms with Crippen molar-refractivity contribution in [2.45, 2.75) is 4.90 Å². The fourth-order valence-electron chi connectivity index (χ4n) is 1.56. The number of carbonyl (C=O) groups is 1. The maximum Gasteiger partial charge on any atom is 0.335 e. The molecule has 0 aliphatic carbocycles. The summed E-state index contributed by atoms with van der Waals surface area (Å²) in [5, 5.41) is 8.88. The van der Waals surface area contributed by atoms with Crippen molar-refractivity contribution in [3.63, 3.8) is 0 Å². The van der Waals surface area contributed by atoms with E-state index in [0.29, 0.717) is 23.8 Å². The van der Waals surface area contributed by atoms with Gasteiger partial charge in [-0.25, -0.2) is 4.79 Å². The van der Waals surface area contributed by atoms with E-state index in [4.69, 9.17) is 15.6 Å². The zero-order valence-corrected chi connectivity index (χ0v) is 11.5. The first kappa shape index (κ1) is 14.2. The van der Waals surface area contributed by atoms with Gasteiger partial charge in [-0.1, -0.05) is 6.07 Å². The van der Waals surface area contributed by atoms with Gasteiger partial charge >= 0.3 is 5.97 Å². The second-order valence-corrected chi connectivity index (χ2v) is 5.08. The molecular formula is C14H14N2O3S. The molecule has 0 amide bonds. The Hall–Kier alpha value is -2.21. The lowest BCUT2D eigenvalue weighted by Gasteiger charge is -2.07. The molecule has 0 unspecified atom stereocenters. The summed E-state index contributed by atoms with van der Waals surface area (Å²) >= 11 is 1.57. The molecule has 5 nitrogen and oxygen atoms in total. The average Bonchev–Trinajstić information content (AvgIpc) is 2.45. The molecule has 0 bridgehead atoms. The maximum absolute atomic E-state index is 10.8. The molecule has 1 aromatic heterocycles. The van der Waals surface area contributed by atoms with E-state index < -0.39 is 5.97 Å². The summed E-state index contributed by atoms with van der Waals surface area (Å²) in [6, 6.07) is 8.28. The van der Waals surface area contributed by atoms with Crippen LogP contribution in [-0.2, 0) is 0 Å². The van der Waals surface area contributed by atoms with Crippen LogP contribution in [0, 0.1) is 0 Å². The fourth-order valence-corrected chi connectivity index (χ4v) is 2.32. The van der Waals surface area contributed by atoms with Crippen molar-refractivity contribution in [3.05, 3.63) is 48.3 Å². The van der Waals surface area contributed by atoms with Crippen molar-refractivity contribution < 1.29 is 14.6 Å². The zero-order valence-electron chi connectivity index (χ0n) is 10.7. The van der Waals surface area contributed by atoms with Gasteiger partial charge in [-0.2, -0.15) is 0 Å². The van der Waals surface area contributed by atoms with Crippen molar-refractivity contribution in [3.8, 4) is 5.75 Å². The first-order chi connectivity index (χ1) is 9.66. The Morgan fingerprint density at radius 1 is 1.40 bits per heavy atom. The van der Waals surface area contributed by atoms with E-state index in [1.165, 1.54) is 12.1 Å². The number of hydrogen-bond acceptors (Lipinski definition) is 5. The molecule has 0 aliphatic rings. The summed E-state index contributed by atoms with van der Waals surface area (Å²) in [5.74, 6) is 0.300. The monoisotopic (exact) mass is 290 g/mol. The molecular weight excluding hydrogens is 276 g/mol. The number of anilines is 1. The smallest absolute Gasteiger partial charge is 0.335 e. The van der Waals surface area contributed by atoms with E-state index in [0.717, 1.165) is 4.90 Å². The minimum Gasteiger partial charge on any atom is -0.493 e. The van der Waals surface area contributed by atoms with E-state index in [-0.39, 0.29) is 5.56 Å². The van der Waals surface area contributed by atoms with E-state index >= 15 is 0 Å². The van der Waals surface area contributed by atoms with Gasteiger partial charge in [0.15, 0.2) is 0 Å². The highest BCUT2D eigenvalue weighted by Crippen LogP contribution is 2.23. The van der Waals surface area contributed by atoms with Gasteiger partial charge in [-0.05, 0) is 24.3 Å². The lowest BCUT2D eigenvalue weighted by atomic mass is 10.2. The number of benzene rings is 1. The van der Waals surface area contributed by atoms with Crippen molar-refractivity contribution in [1.29, 1.82) is 0 Å². The van der Waals surface area contributed by atoms with E-state index in [2.05, 4.69) is 4.98 Å². The van der Waals surface area contributed by atoms with Crippen molar-refractivity contribution >= 4 is 23.4 Å². The molecule has 0 fully saturated rings. The van der Waals surface area contributed by atoms with Gasteiger partial charge in [0.05, 0.1) is 24.1 Å². The molecule has 20 heavy (non-hydrogen) atoms. The van der Waals surface area contributed by atoms with Crippen molar-refractivity contribution in [2.75, 3.05) is 18.1 Å². The van der Waals surface area contributed by atoms with Crippen LogP contribution in [-0.4, -0.2) is 28.4 Å². The molecule has 1 heterocycles. The number of rotatable bonds is 6. The highest BCUT2D eigenvalue weighted by Gasteiger charge is 2.04. The zero-order chi connectivity index (χ0) is 14.4. The van der Waals surface area contributed by atoms with E-state index in [1.54, 1.807) is 36.3 Å². The molecule has 1 aromatic carbocycles. The van der Waals surface area contributed by atoms with Crippen LogP contribution < -0.4 is 10.5 Å². The van der Waals surface area contributed by atoms with E-state index in [9.17, 15) is 4.79 Å². The maximum atomic E-state index is 10.8. The number of nitrogens with zero attached hydrogens (tertiary/aromatic N) is 1. The van der Waals surface area contributed by atoms with Gasteiger partial charge in [-0.3, -0.25) is 4.98 Å². The predicted molar refractivity (Wildman–Crippen MR) is 78.3 cm³/mol. The van der Waals surface area contributed by atoms with E-state index in [1.807, 2.05) is 6.07 Å². The normalized spacial score (nSPS) is 10.2. The van der Waals surface area contributed by atoms with Gasteiger partial charge in [0.25, 0.3) is 0 Å². The lowest BCUT2D eigenvalue weighted by molar-refractivity contribution is 0.0696. The summed E-state index contributed by atoms with van der Waals surface area (Å²) in [4.78, 5) is 15.7. The van der Waals surface area contributed by atoms with Crippen LogP contribution in [0.3, 0.4) is 0 Å². The number of ether oxygens (including phenoxy) is 1. The summed E-state index contributed by atoms with van der Waals surface area (Å²) in [5.41, 5.74) is 6.64. The van der Waals surface area contributed by atoms with Crippen LogP contribution in [0.25, 0.3) is 0 Å². The standard InChI is InChI=1S/C14H14N2O3S/c15-12-9-16-5-4-13(12)20-7-6-19-11-3-1-2-10(8-11)14(17)18/h1-5,8-9H,6-7,15H2,(H,17,18). The van der Waals surface area contributed by atoms with Gasteiger partial charge in [-0.15, -0.1) is 11.8 Å². The predicted octanol–water partition coefficient (Wildman–Crippen LogP) is 2.53. The third-order valence-corrected chi connectivity index (χ3v) is 3.55. The highest BCUT2D eigenvalue weighted by molar-refractivity contribution is 7.99. The average molecular weight is 290 g/mol. The van der Waals surface area contributed by atoms with Crippen LogP contribution >= 0.6 is 11.8 Å². The lowest BCUT2D eigenvalue weighted by Crippen LogP contribution is -2.02. The fraction of sp³-hybridized carbons (Fsp3) is 0.143. The Labute approximate surface area is 120 Å². The van der Waals surface area contributed by atoms with Crippen LogP contribution in [0.1, 0.15) is 10.4 Å². The van der Waals surface area contributed by atoms with Gasteiger partial charge in [0.2, 0.25) is 0 Å². The summed E-state index contributed by atoms with van der Waals surface area (Å²) < 4.78 is 5.52. The van der Waals surface area contributed by atoms with Crippen molar-refractivity contribution in [1.82, 2.24) is 4.98 Å². The van der Waals surface area contributed by atoms with Gasteiger partial charge in [0, 0.05) is 16.8 Å². The van der Waals surface area contributed by atoms with Crippen LogP contribution in [0.2, 0.25) is 0 Å². The molecule has 3 N–H and O–H groups in total. The molecule has 2 rings (SSSR count). The second kappa shape index (κ2) is 6.81. The third kappa shape index (κ3) is 3.89. The first-order valence-electron chi connectivity index (χ1n) is 5.95. The molecule has 0 aliphatic heterocycles. The van der Waals surface area contributed by atoms with Crippen LogP contribution in [0.5, 0.6) is 5.75 Å². The highest BCUT2D eigenvalue weighted by atomic mass is 32.2. The largest absolute Gasteiger partial charge is 0.493 e. The van der Waals surface area contributed by atoms with Gasteiger partial charge in [0.1, 0.15) is 5.75 Å². The number of pyridine rings is 1.